The molecule has 0 fully saturated rings. The summed E-state index contributed by atoms with van der Waals surface area (Å²) in [6.45, 7) is 0. The monoisotopic (exact) mass is 1800 g/mol. The van der Waals surface area contributed by atoms with Crippen LogP contribution in [0.2, 0.25) is 0 Å². The van der Waals surface area contributed by atoms with Gasteiger partial charge in [-0.3, -0.25) is 29.9 Å². The number of rotatable bonds is 0. The molecular formula is C72H66N6Se6Sm2. The van der Waals surface area contributed by atoms with Crippen molar-refractivity contribution in [1.29, 1.82) is 0 Å². The zero-order valence-electron chi connectivity index (χ0n) is 47.1. The molecule has 13 rings (SSSR count). The van der Waals surface area contributed by atoms with Gasteiger partial charge in [0.25, 0.3) is 0 Å². The van der Waals surface area contributed by atoms with Crippen molar-refractivity contribution in [2.45, 2.75) is 0 Å². The van der Waals surface area contributed by atoms with Gasteiger partial charge in [-0.2, -0.15) is 0 Å². The minimum Gasteiger partial charge on any atom is -0.265 e. The molecule has 0 amide bonds. The molecule has 86 heavy (non-hydrogen) atoms. The molecular weight excluding hydrogens is 1720 g/mol. The molecule has 0 atom stereocenters. The molecule has 0 unspecified atom stereocenters. The van der Waals surface area contributed by atoms with Crippen LogP contribution in [0.15, 0.2) is 402 Å². The van der Waals surface area contributed by atoms with E-state index in [4.69, 9.17) is 0 Å². The number of hydrogen-bond acceptors (Lipinski definition) is 6. The van der Waals surface area contributed by atoms with Gasteiger partial charge in [0.05, 0.1) is 0 Å². The Kier molecular flexibility index (Phi) is 67.2. The second kappa shape index (κ2) is 69.3. The molecule has 6 nitrogen and oxygen atoms in total. The Balaban J connectivity index is 0. The van der Waals surface area contributed by atoms with Gasteiger partial charge in [0.15, 0.2) is 0 Å². The Morgan fingerprint density at radius 1 is 0.128 bits per heavy atom. The summed E-state index contributed by atoms with van der Waals surface area (Å²) in [5, 5.41) is 0. The molecule has 0 spiro atoms. The van der Waals surface area contributed by atoms with E-state index >= 15 is 0 Å². The zero-order chi connectivity index (χ0) is 60.4. The zero-order valence-corrected chi connectivity index (χ0v) is 62.6. The fourth-order valence-corrected chi connectivity index (χ4v) is 6.76. The Labute approximate surface area is 626 Å². The quantitative estimate of drug-likeness (QED) is 0.141. The van der Waals surface area contributed by atoms with Gasteiger partial charge in [-0.25, -0.2) is 0 Å². The summed E-state index contributed by atoms with van der Waals surface area (Å²) < 4.78 is 7.18. The van der Waals surface area contributed by atoms with Crippen molar-refractivity contribution in [2.24, 2.45) is 0 Å². The van der Waals surface area contributed by atoms with Crippen LogP contribution >= 0.6 is 0 Å². The van der Waals surface area contributed by atoms with Crippen molar-refractivity contribution in [2.75, 3.05) is 0 Å². The maximum absolute atomic E-state index is 3.78. The van der Waals surface area contributed by atoms with Crippen LogP contribution in [0.4, 0.5) is 0 Å². The van der Waals surface area contributed by atoms with Gasteiger partial charge in [-0.1, -0.05) is 72.8 Å². The van der Waals surface area contributed by atoms with Crippen LogP contribution in [0.5, 0.6) is 0 Å². The molecule has 0 saturated carbocycles. The molecule has 0 N–H and O–H groups in total. The summed E-state index contributed by atoms with van der Waals surface area (Å²) in [6, 6.07) is 107. The minimum absolute atomic E-state index is 0. The average Bonchev–Trinajstić information content (AvgIpc) is 3.60. The molecule has 6 heterocycles. The molecule has 7 aromatic carbocycles. The van der Waals surface area contributed by atoms with Crippen LogP contribution in [0.3, 0.4) is 0 Å². The van der Waals surface area contributed by atoms with Crippen molar-refractivity contribution >= 4 is 123 Å². The molecule has 2 radical (unpaired) electrons. The predicted octanol–water partition coefficient (Wildman–Crippen LogP) is 11.1. The van der Waals surface area contributed by atoms with Gasteiger partial charge in [0, 0.05) is 74.4 Å². The van der Waals surface area contributed by atoms with E-state index in [0.717, 1.165) is 0 Å². The van der Waals surface area contributed by atoms with Crippen LogP contribution in [0, 0.1) is 80.8 Å². The fourth-order valence-electron chi connectivity index (χ4n) is 4.78. The van der Waals surface area contributed by atoms with Gasteiger partial charge in [-0.15, -0.1) is 0 Å². The average molecular weight is 1790 g/mol. The molecule has 432 valence electrons. The van der Waals surface area contributed by atoms with Crippen molar-refractivity contribution in [3.63, 3.8) is 0 Å². The van der Waals surface area contributed by atoms with E-state index in [1.165, 1.54) is 26.8 Å². The van der Waals surface area contributed by atoms with E-state index in [9.17, 15) is 0 Å². The Hall–Kier alpha value is -4.77. The number of benzene rings is 7. The van der Waals surface area contributed by atoms with E-state index in [0.29, 0.717) is 0 Å². The van der Waals surface area contributed by atoms with Crippen molar-refractivity contribution < 1.29 is 80.8 Å². The van der Waals surface area contributed by atoms with Crippen molar-refractivity contribution in [3.05, 3.63) is 402 Å². The maximum atomic E-state index is 3.78. The second-order valence-corrected chi connectivity index (χ2v) is 21.1. The summed E-state index contributed by atoms with van der Waals surface area (Å²) in [4.78, 5) is 22.7. The van der Waals surface area contributed by atoms with Crippen LogP contribution < -0.4 is 26.8 Å². The number of pyridine rings is 6. The third-order valence-corrected chi connectivity index (χ3v) is 12.0. The van der Waals surface area contributed by atoms with Gasteiger partial charge in [0.2, 0.25) is 0 Å². The van der Waals surface area contributed by atoms with Gasteiger partial charge in [0.1, 0.15) is 0 Å². The Morgan fingerprint density at radius 3 is 0.256 bits per heavy atom. The van der Waals surface area contributed by atoms with Crippen molar-refractivity contribution in [3.8, 4) is 0 Å². The third-order valence-electron chi connectivity index (χ3n) is 8.52. The SMILES string of the molecule is [Se-]c1ccccc1.[Se-]c1ccccc1.[Se-]c1ccccc1.[Se-]c1ccccc1.[Se-]c1ccccc1.[Se-]c1ccccc1.[Sm+3].[Sm+3].c1ccccc1.c1ccncc1.c1ccncc1.c1ccncc1.c1ccncc1.c1ccncc1.c1ccncc1. The number of nitrogens with zero attached hydrogens (tertiary/aromatic N) is 6. The third kappa shape index (κ3) is 66.8. The summed E-state index contributed by atoms with van der Waals surface area (Å²) in [6.07, 6.45) is 21.0. The standard InChI is InChI=1S/6C6H6Se.C6H6.6C5H5N.2Sm/c6*7-6-4-2-1-3-5-6;7*1-2-4-6-5-3-1;;/h6*1-5,7H;1-6H;6*1-5H;;/q;;;;;;;;;;;;;2*+3/p-6. The largest absolute Gasteiger partial charge is 3.00 e. The summed E-state index contributed by atoms with van der Waals surface area (Å²) in [7, 11) is 0. The van der Waals surface area contributed by atoms with Crippen molar-refractivity contribution in [1.82, 2.24) is 29.9 Å². The summed E-state index contributed by atoms with van der Waals surface area (Å²) >= 11 is 17.4. The van der Waals surface area contributed by atoms with Crippen LogP contribution in [0.1, 0.15) is 0 Å². The second-order valence-electron chi connectivity index (χ2n) is 15.2. The Bertz CT molecular complexity index is 2400. The topological polar surface area (TPSA) is 77.3 Å². The summed E-state index contributed by atoms with van der Waals surface area (Å²) in [5.41, 5.74) is 0. The summed E-state index contributed by atoms with van der Waals surface area (Å²) in [5.74, 6) is 0. The van der Waals surface area contributed by atoms with E-state index in [2.05, 4.69) is 126 Å². The molecule has 14 heteroatoms. The van der Waals surface area contributed by atoms with E-state index in [1.54, 1.807) is 74.4 Å². The molecule has 0 aliphatic carbocycles. The first kappa shape index (κ1) is 83.3. The first-order chi connectivity index (χ1) is 41.4. The smallest absolute Gasteiger partial charge is 0.265 e. The van der Waals surface area contributed by atoms with Gasteiger partial charge >= 0.3 is 386 Å². The van der Waals surface area contributed by atoms with Crippen LogP contribution in [0.25, 0.3) is 0 Å². The first-order valence-corrected chi connectivity index (χ1v) is 30.9. The van der Waals surface area contributed by atoms with E-state index in [-0.39, 0.29) is 80.8 Å². The van der Waals surface area contributed by atoms with Crippen LogP contribution in [-0.4, -0.2) is 126 Å². The van der Waals surface area contributed by atoms with Crippen LogP contribution in [-0.2, 0) is 0 Å². The molecule has 0 aliphatic heterocycles. The first-order valence-electron chi connectivity index (χ1n) is 25.8. The normalized spacial score (nSPS) is 8.09. The fraction of sp³-hybridized carbons (Fsp3) is 0. The van der Waals surface area contributed by atoms with Gasteiger partial charge < -0.3 is 0 Å². The van der Waals surface area contributed by atoms with E-state index in [1.807, 2.05) is 328 Å². The molecule has 0 aliphatic rings. The maximum Gasteiger partial charge on any atom is 3.00 e. The molecule has 0 saturated heterocycles. The molecule has 6 aromatic heterocycles. The predicted molar refractivity (Wildman–Crippen MR) is 363 cm³/mol. The number of hydrogen-bond donors (Lipinski definition) is 0. The minimum atomic E-state index is 0. The Morgan fingerprint density at radius 2 is 0.209 bits per heavy atom. The van der Waals surface area contributed by atoms with E-state index < -0.39 is 0 Å². The van der Waals surface area contributed by atoms with Gasteiger partial charge in [-0.05, 0) is 72.8 Å². The molecule has 0 bridgehead atoms. The molecule has 13 aromatic rings. The number of aromatic nitrogens is 6.